The third-order valence-electron chi connectivity index (χ3n) is 5.00. The summed E-state index contributed by atoms with van der Waals surface area (Å²) in [5.74, 6) is -0.578. The molecule has 3 rings (SSSR count). The van der Waals surface area contributed by atoms with E-state index in [9.17, 15) is 14.7 Å². The lowest BCUT2D eigenvalue weighted by Crippen LogP contribution is -2.51. The Morgan fingerprint density at radius 1 is 1.15 bits per heavy atom. The van der Waals surface area contributed by atoms with E-state index in [4.69, 9.17) is 4.74 Å². The first-order valence-electron chi connectivity index (χ1n) is 7.53. The number of amides is 2. The molecule has 1 heterocycles. The molecule has 112 valence electrons. The molecule has 1 saturated heterocycles. The highest BCUT2D eigenvalue weighted by Crippen LogP contribution is 2.48. The first-order chi connectivity index (χ1) is 9.66. The van der Waals surface area contributed by atoms with Gasteiger partial charge in [-0.3, -0.25) is 4.79 Å². The van der Waals surface area contributed by atoms with E-state index in [2.05, 4.69) is 5.32 Å². The average molecular weight is 282 g/mol. The Morgan fingerprint density at radius 2 is 1.95 bits per heavy atom. The van der Waals surface area contributed by atoms with Crippen LogP contribution in [0.15, 0.2) is 0 Å². The van der Waals surface area contributed by atoms with Gasteiger partial charge in [0, 0.05) is 25.7 Å². The van der Waals surface area contributed by atoms with Crippen molar-refractivity contribution < 1.29 is 19.4 Å². The molecule has 0 aromatic rings. The molecular formula is C14H22N2O4. The molecule has 2 aliphatic carbocycles. The van der Waals surface area contributed by atoms with E-state index in [1.165, 1.54) is 0 Å². The third-order valence-corrected chi connectivity index (χ3v) is 5.00. The minimum Gasteiger partial charge on any atom is -0.481 e. The number of carbonyl (C=O) groups is 2. The van der Waals surface area contributed by atoms with Gasteiger partial charge in [0.05, 0.1) is 12.5 Å². The number of carboxylic acid groups (broad SMARTS) is 1. The van der Waals surface area contributed by atoms with Crippen molar-refractivity contribution in [1.29, 1.82) is 0 Å². The summed E-state index contributed by atoms with van der Waals surface area (Å²) in [5, 5.41) is 12.4. The van der Waals surface area contributed by atoms with Crippen LogP contribution in [0.3, 0.4) is 0 Å². The van der Waals surface area contributed by atoms with Crippen molar-refractivity contribution in [2.24, 2.45) is 17.8 Å². The fraction of sp³-hybridized carbons (Fsp3) is 0.857. The maximum atomic E-state index is 12.3. The predicted molar refractivity (Wildman–Crippen MR) is 71.3 cm³/mol. The van der Waals surface area contributed by atoms with Crippen LogP contribution in [-0.2, 0) is 9.53 Å². The zero-order valence-electron chi connectivity index (χ0n) is 11.6. The van der Waals surface area contributed by atoms with Crippen LogP contribution in [0.5, 0.6) is 0 Å². The van der Waals surface area contributed by atoms with Gasteiger partial charge in [0.25, 0.3) is 0 Å². The van der Waals surface area contributed by atoms with Crippen LogP contribution in [0.25, 0.3) is 0 Å². The number of aliphatic carboxylic acids is 1. The maximum Gasteiger partial charge on any atom is 0.317 e. The van der Waals surface area contributed by atoms with Gasteiger partial charge in [-0.2, -0.15) is 0 Å². The molecule has 2 N–H and O–H groups in total. The second-order valence-electron chi connectivity index (χ2n) is 6.13. The van der Waals surface area contributed by atoms with Crippen molar-refractivity contribution in [3.05, 3.63) is 0 Å². The van der Waals surface area contributed by atoms with E-state index in [-0.39, 0.29) is 18.0 Å². The van der Waals surface area contributed by atoms with Crippen molar-refractivity contribution in [1.82, 2.24) is 10.2 Å². The zero-order chi connectivity index (χ0) is 14.1. The summed E-state index contributed by atoms with van der Waals surface area (Å²) >= 11 is 0. The molecule has 0 spiro atoms. The molecule has 4 atom stereocenters. The number of hydrogen-bond acceptors (Lipinski definition) is 3. The fourth-order valence-electron chi connectivity index (χ4n) is 4.04. The Kier molecular flexibility index (Phi) is 3.83. The number of nitrogens with zero attached hydrogens (tertiary/aromatic N) is 1. The second-order valence-corrected chi connectivity index (χ2v) is 6.13. The molecule has 2 amide bonds. The molecule has 0 radical (unpaired) electrons. The van der Waals surface area contributed by atoms with Crippen molar-refractivity contribution >= 4 is 12.0 Å². The Morgan fingerprint density at radius 3 is 2.75 bits per heavy atom. The van der Waals surface area contributed by atoms with Crippen LogP contribution in [0.4, 0.5) is 4.79 Å². The lowest BCUT2D eigenvalue weighted by molar-refractivity contribution is -0.144. The van der Waals surface area contributed by atoms with E-state index in [0.717, 1.165) is 25.7 Å². The molecule has 20 heavy (non-hydrogen) atoms. The predicted octanol–water partition coefficient (Wildman–Crippen LogP) is 0.918. The number of ether oxygens (including phenoxy) is 1. The molecule has 1 aliphatic heterocycles. The topological polar surface area (TPSA) is 78.9 Å². The first-order valence-corrected chi connectivity index (χ1v) is 7.53. The molecule has 2 saturated carbocycles. The van der Waals surface area contributed by atoms with Gasteiger partial charge in [-0.05, 0) is 37.5 Å². The van der Waals surface area contributed by atoms with Crippen LogP contribution in [-0.4, -0.2) is 54.4 Å². The maximum absolute atomic E-state index is 12.3. The fourth-order valence-corrected chi connectivity index (χ4v) is 4.04. The number of fused-ring (bicyclic) bond motifs is 2. The van der Waals surface area contributed by atoms with Gasteiger partial charge < -0.3 is 20.1 Å². The van der Waals surface area contributed by atoms with Crippen molar-refractivity contribution in [2.45, 2.75) is 31.7 Å². The summed E-state index contributed by atoms with van der Waals surface area (Å²) in [4.78, 5) is 25.5. The molecular weight excluding hydrogens is 260 g/mol. The Labute approximate surface area is 118 Å². The molecule has 0 aromatic carbocycles. The van der Waals surface area contributed by atoms with Crippen LogP contribution in [0.2, 0.25) is 0 Å². The number of hydrogen-bond donors (Lipinski definition) is 2. The molecule has 6 heteroatoms. The van der Waals surface area contributed by atoms with Gasteiger partial charge in [0.2, 0.25) is 0 Å². The van der Waals surface area contributed by atoms with Gasteiger partial charge in [0.1, 0.15) is 0 Å². The minimum atomic E-state index is -0.762. The van der Waals surface area contributed by atoms with E-state index < -0.39 is 11.9 Å². The second kappa shape index (κ2) is 5.60. The van der Waals surface area contributed by atoms with Crippen LogP contribution < -0.4 is 5.32 Å². The quantitative estimate of drug-likeness (QED) is 0.789. The largest absolute Gasteiger partial charge is 0.481 e. The van der Waals surface area contributed by atoms with Crippen molar-refractivity contribution in [3.8, 4) is 0 Å². The normalized spacial score (nSPS) is 36.7. The average Bonchev–Trinajstić information content (AvgIpc) is 2.89. The zero-order valence-corrected chi connectivity index (χ0v) is 11.6. The third kappa shape index (κ3) is 2.49. The summed E-state index contributed by atoms with van der Waals surface area (Å²) in [6.45, 7) is 2.52. The monoisotopic (exact) mass is 282 g/mol. The Balaban J connectivity index is 1.64. The van der Waals surface area contributed by atoms with Crippen LogP contribution in [0.1, 0.15) is 25.7 Å². The highest BCUT2D eigenvalue weighted by atomic mass is 16.5. The number of carboxylic acids is 1. The smallest absolute Gasteiger partial charge is 0.317 e. The lowest BCUT2D eigenvalue weighted by atomic mass is 9.84. The highest BCUT2D eigenvalue weighted by molar-refractivity contribution is 5.77. The van der Waals surface area contributed by atoms with Gasteiger partial charge >= 0.3 is 12.0 Å². The molecule has 6 nitrogen and oxygen atoms in total. The summed E-state index contributed by atoms with van der Waals surface area (Å²) < 4.78 is 5.34. The van der Waals surface area contributed by atoms with E-state index in [1.807, 2.05) is 0 Å². The standard InChI is InChI=1S/C14H22N2O4/c17-13(18)11-9-2-3-10(8-9)12(11)15-14(19)16-4-1-6-20-7-5-16/h9-12H,1-8H2,(H,15,19)(H,17,18). The number of rotatable bonds is 2. The molecule has 3 fully saturated rings. The van der Waals surface area contributed by atoms with E-state index in [0.29, 0.717) is 32.2 Å². The SMILES string of the molecule is O=C(O)C1C2CCC(C2)C1NC(=O)N1CCCOCC1. The van der Waals surface area contributed by atoms with Crippen LogP contribution >= 0.6 is 0 Å². The Hall–Kier alpha value is -1.30. The molecule has 2 bridgehead atoms. The first kappa shape index (κ1) is 13.7. The molecule has 0 aromatic heterocycles. The van der Waals surface area contributed by atoms with Gasteiger partial charge in [-0.1, -0.05) is 0 Å². The van der Waals surface area contributed by atoms with Crippen molar-refractivity contribution in [3.63, 3.8) is 0 Å². The summed E-state index contributed by atoms with van der Waals surface area (Å²) in [6.07, 6.45) is 3.82. The number of carbonyl (C=O) groups excluding carboxylic acids is 1. The molecule has 4 unspecified atom stereocenters. The minimum absolute atomic E-state index is 0.126. The summed E-state index contributed by atoms with van der Waals surface area (Å²) in [5.41, 5.74) is 0. The van der Waals surface area contributed by atoms with Gasteiger partial charge in [-0.15, -0.1) is 0 Å². The van der Waals surface area contributed by atoms with Gasteiger partial charge in [-0.25, -0.2) is 4.79 Å². The van der Waals surface area contributed by atoms with E-state index >= 15 is 0 Å². The molecule has 3 aliphatic rings. The lowest BCUT2D eigenvalue weighted by Gasteiger charge is -2.31. The number of urea groups is 1. The van der Waals surface area contributed by atoms with E-state index in [1.54, 1.807) is 4.90 Å². The summed E-state index contributed by atoms with van der Waals surface area (Å²) in [6, 6.07) is -0.317. The highest BCUT2D eigenvalue weighted by Gasteiger charge is 2.51. The summed E-state index contributed by atoms with van der Waals surface area (Å²) in [7, 11) is 0. The van der Waals surface area contributed by atoms with Crippen LogP contribution in [0, 0.1) is 17.8 Å². The van der Waals surface area contributed by atoms with Gasteiger partial charge in [0.15, 0.2) is 0 Å². The Bertz CT molecular complexity index is 393. The number of nitrogens with one attached hydrogen (secondary N) is 1. The van der Waals surface area contributed by atoms with Crippen molar-refractivity contribution in [2.75, 3.05) is 26.3 Å².